The van der Waals surface area contributed by atoms with Crippen LogP contribution in [0.25, 0.3) is 0 Å². The molecule has 0 bridgehead atoms. The molecule has 0 N–H and O–H groups in total. The Balaban J connectivity index is 1.64. The molecule has 1 aliphatic rings. The van der Waals surface area contributed by atoms with Crippen molar-refractivity contribution in [3.63, 3.8) is 0 Å². The van der Waals surface area contributed by atoms with Crippen LogP contribution in [0, 0.1) is 5.92 Å². The van der Waals surface area contributed by atoms with Gasteiger partial charge in [-0.2, -0.15) is 0 Å². The standard InChI is InChI=1S/C27H37NO3/c1-4-5-6-7-8-9-10-11-12-25-26(21-13-17-23(30-2)18-14-21)28(27(25)29)22-15-19-24(31-3)20-16-22/h13-20,25-26H,4-12H2,1-3H3/t25-,26+/m0/s1. The van der Waals surface area contributed by atoms with Gasteiger partial charge < -0.3 is 14.4 Å². The minimum Gasteiger partial charge on any atom is -0.497 e. The van der Waals surface area contributed by atoms with Crippen molar-refractivity contribution in [2.75, 3.05) is 19.1 Å². The zero-order valence-electron chi connectivity index (χ0n) is 19.3. The summed E-state index contributed by atoms with van der Waals surface area (Å²) in [5, 5.41) is 0. The number of hydrogen-bond acceptors (Lipinski definition) is 3. The molecule has 1 fully saturated rings. The molecule has 31 heavy (non-hydrogen) atoms. The fraction of sp³-hybridized carbons (Fsp3) is 0.519. The van der Waals surface area contributed by atoms with Gasteiger partial charge in [-0.15, -0.1) is 0 Å². The Morgan fingerprint density at radius 2 is 1.26 bits per heavy atom. The number of unbranched alkanes of at least 4 members (excludes halogenated alkanes) is 7. The van der Waals surface area contributed by atoms with Crippen molar-refractivity contribution in [1.82, 2.24) is 0 Å². The first-order valence-corrected chi connectivity index (χ1v) is 11.8. The van der Waals surface area contributed by atoms with Gasteiger partial charge in [0, 0.05) is 5.69 Å². The third-order valence-electron chi connectivity index (χ3n) is 6.39. The van der Waals surface area contributed by atoms with Gasteiger partial charge in [-0.1, -0.05) is 70.4 Å². The van der Waals surface area contributed by atoms with Crippen molar-refractivity contribution in [3.05, 3.63) is 54.1 Å². The van der Waals surface area contributed by atoms with E-state index >= 15 is 0 Å². The van der Waals surface area contributed by atoms with E-state index in [1.54, 1.807) is 14.2 Å². The van der Waals surface area contributed by atoms with Gasteiger partial charge in [0.15, 0.2) is 0 Å². The molecule has 2 aromatic rings. The van der Waals surface area contributed by atoms with Crippen molar-refractivity contribution >= 4 is 11.6 Å². The minimum absolute atomic E-state index is 0.0515. The van der Waals surface area contributed by atoms with Crippen LogP contribution in [0.5, 0.6) is 11.5 Å². The molecule has 4 nitrogen and oxygen atoms in total. The quantitative estimate of drug-likeness (QED) is 0.259. The zero-order chi connectivity index (χ0) is 22.1. The number of rotatable bonds is 13. The molecule has 3 rings (SSSR count). The molecule has 0 unspecified atom stereocenters. The van der Waals surface area contributed by atoms with Gasteiger partial charge in [0.25, 0.3) is 0 Å². The van der Waals surface area contributed by atoms with E-state index < -0.39 is 0 Å². The van der Waals surface area contributed by atoms with Crippen molar-refractivity contribution in [3.8, 4) is 11.5 Å². The monoisotopic (exact) mass is 423 g/mol. The average molecular weight is 424 g/mol. The number of benzene rings is 2. The predicted molar refractivity (Wildman–Crippen MR) is 127 cm³/mol. The Labute approximate surface area is 187 Å². The summed E-state index contributed by atoms with van der Waals surface area (Å²) >= 11 is 0. The third-order valence-corrected chi connectivity index (χ3v) is 6.39. The Morgan fingerprint density at radius 3 is 1.81 bits per heavy atom. The van der Waals surface area contributed by atoms with Crippen molar-refractivity contribution in [2.45, 2.75) is 70.8 Å². The van der Waals surface area contributed by atoms with Crippen LogP contribution < -0.4 is 14.4 Å². The lowest BCUT2D eigenvalue weighted by atomic mass is 9.78. The highest BCUT2D eigenvalue weighted by Crippen LogP contribution is 2.46. The highest BCUT2D eigenvalue weighted by Gasteiger charge is 2.48. The summed E-state index contributed by atoms with van der Waals surface area (Å²) in [4.78, 5) is 15.1. The van der Waals surface area contributed by atoms with Crippen LogP contribution in [0.2, 0.25) is 0 Å². The summed E-state index contributed by atoms with van der Waals surface area (Å²) in [6.45, 7) is 2.25. The van der Waals surface area contributed by atoms with Crippen LogP contribution in [0.4, 0.5) is 5.69 Å². The number of amides is 1. The van der Waals surface area contributed by atoms with Crippen molar-refractivity contribution < 1.29 is 14.3 Å². The molecule has 0 spiro atoms. The van der Waals surface area contributed by atoms with Crippen LogP contribution in [-0.2, 0) is 4.79 Å². The lowest BCUT2D eigenvalue weighted by Gasteiger charge is -2.47. The Hall–Kier alpha value is -2.49. The van der Waals surface area contributed by atoms with Crippen LogP contribution in [0.3, 0.4) is 0 Å². The first-order valence-electron chi connectivity index (χ1n) is 11.8. The van der Waals surface area contributed by atoms with Crippen LogP contribution in [-0.4, -0.2) is 20.1 Å². The van der Waals surface area contributed by atoms with Gasteiger partial charge in [0.05, 0.1) is 26.2 Å². The second-order valence-corrected chi connectivity index (χ2v) is 8.49. The zero-order valence-corrected chi connectivity index (χ0v) is 19.3. The summed E-state index contributed by atoms with van der Waals surface area (Å²) in [5.41, 5.74) is 2.10. The highest BCUT2D eigenvalue weighted by atomic mass is 16.5. The number of methoxy groups -OCH3 is 2. The molecular weight excluding hydrogens is 386 g/mol. The summed E-state index contributed by atoms with van der Waals surface area (Å²) in [6.07, 6.45) is 11.2. The van der Waals surface area contributed by atoms with E-state index in [-0.39, 0.29) is 17.9 Å². The smallest absolute Gasteiger partial charge is 0.233 e. The van der Waals surface area contributed by atoms with E-state index in [2.05, 4.69) is 19.1 Å². The van der Waals surface area contributed by atoms with E-state index in [1.165, 1.54) is 50.5 Å². The number of ether oxygens (including phenoxy) is 2. The second kappa shape index (κ2) is 11.8. The van der Waals surface area contributed by atoms with E-state index in [4.69, 9.17) is 9.47 Å². The molecule has 0 aromatic heterocycles. The lowest BCUT2D eigenvalue weighted by molar-refractivity contribution is -0.130. The normalized spacial score (nSPS) is 18.0. The fourth-order valence-corrected chi connectivity index (χ4v) is 4.54. The summed E-state index contributed by atoms with van der Waals surface area (Å²) in [6, 6.07) is 16.0. The molecule has 0 saturated carbocycles. The maximum atomic E-state index is 13.1. The molecule has 4 heteroatoms. The highest BCUT2D eigenvalue weighted by molar-refractivity contribution is 6.03. The topological polar surface area (TPSA) is 38.8 Å². The lowest BCUT2D eigenvalue weighted by Crippen LogP contribution is -2.55. The first kappa shape index (κ1) is 23.2. The van der Waals surface area contributed by atoms with Crippen molar-refractivity contribution in [2.24, 2.45) is 5.92 Å². The van der Waals surface area contributed by atoms with Crippen LogP contribution in [0.15, 0.2) is 48.5 Å². The van der Waals surface area contributed by atoms with E-state index in [0.29, 0.717) is 0 Å². The summed E-state index contributed by atoms with van der Waals surface area (Å²) < 4.78 is 10.6. The van der Waals surface area contributed by atoms with Gasteiger partial charge in [0.2, 0.25) is 5.91 Å². The molecular formula is C27H37NO3. The molecule has 1 saturated heterocycles. The van der Waals surface area contributed by atoms with Gasteiger partial charge in [0.1, 0.15) is 11.5 Å². The molecule has 0 radical (unpaired) electrons. The SMILES string of the molecule is CCCCCCCCCC[C@@H]1C(=O)N(c2ccc(OC)cc2)[C@@H]1c1ccc(OC)cc1. The van der Waals surface area contributed by atoms with Crippen LogP contribution >= 0.6 is 0 Å². The molecule has 2 aromatic carbocycles. The fourth-order valence-electron chi connectivity index (χ4n) is 4.54. The maximum absolute atomic E-state index is 13.1. The van der Waals surface area contributed by atoms with Crippen LogP contribution in [0.1, 0.15) is 76.3 Å². The molecule has 1 amide bonds. The van der Waals surface area contributed by atoms with Gasteiger partial charge in [-0.3, -0.25) is 4.79 Å². The van der Waals surface area contributed by atoms with E-state index in [0.717, 1.165) is 30.0 Å². The Bertz CT molecular complexity index is 800. The Morgan fingerprint density at radius 1 is 0.742 bits per heavy atom. The molecule has 1 aliphatic heterocycles. The first-order chi connectivity index (χ1) is 15.2. The number of β-lactam (4-membered cyclic amide) rings is 1. The van der Waals surface area contributed by atoms with Gasteiger partial charge in [-0.25, -0.2) is 0 Å². The van der Waals surface area contributed by atoms with Gasteiger partial charge >= 0.3 is 0 Å². The van der Waals surface area contributed by atoms with Gasteiger partial charge in [-0.05, 0) is 48.4 Å². The van der Waals surface area contributed by atoms with E-state index in [9.17, 15) is 4.79 Å². The Kier molecular flexibility index (Phi) is 8.81. The van der Waals surface area contributed by atoms with E-state index in [1.807, 2.05) is 41.3 Å². The number of carbonyl (C=O) groups is 1. The minimum atomic E-state index is 0.0515. The average Bonchev–Trinajstić information content (AvgIpc) is 2.81. The van der Waals surface area contributed by atoms with Crippen molar-refractivity contribution in [1.29, 1.82) is 0 Å². The number of nitrogens with zero attached hydrogens (tertiary/aromatic N) is 1. The molecule has 168 valence electrons. The number of hydrogen-bond donors (Lipinski definition) is 0. The number of anilines is 1. The largest absolute Gasteiger partial charge is 0.497 e. The second-order valence-electron chi connectivity index (χ2n) is 8.49. The summed E-state index contributed by atoms with van der Waals surface area (Å²) in [7, 11) is 3.33. The molecule has 0 aliphatic carbocycles. The third kappa shape index (κ3) is 5.81. The molecule has 1 heterocycles. The number of carbonyl (C=O) groups excluding carboxylic acids is 1. The predicted octanol–water partition coefficient (Wildman–Crippen LogP) is 6.94. The molecule has 2 atom stereocenters. The summed E-state index contributed by atoms with van der Waals surface area (Å²) in [5.74, 6) is 1.92. The maximum Gasteiger partial charge on any atom is 0.233 e.